The second kappa shape index (κ2) is 9.27. The lowest BCUT2D eigenvalue weighted by atomic mass is 9.95. The summed E-state index contributed by atoms with van der Waals surface area (Å²) in [5.74, 6) is 1.33. The molecule has 0 radical (unpaired) electrons. The number of ether oxygens (including phenoxy) is 3. The third-order valence-corrected chi connectivity index (χ3v) is 6.22. The zero-order chi connectivity index (χ0) is 22.8. The first-order valence-electron chi connectivity index (χ1n) is 11.7. The van der Waals surface area contributed by atoms with Crippen molar-refractivity contribution in [3.05, 3.63) is 65.4 Å². The molecule has 3 aromatic rings. The van der Waals surface area contributed by atoms with Gasteiger partial charge in [-0.25, -0.2) is 0 Å². The minimum absolute atomic E-state index is 0.0441. The van der Waals surface area contributed by atoms with Crippen LogP contribution in [0.2, 0.25) is 0 Å². The van der Waals surface area contributed by atoms with E-state index in [1.807, 2.05) is 67.3 Å². The van der Waals surface area contributed by atoms with Gasteiger partial charge in [0.15, 0.2) is 11.5 Å². The molecule has 7 nitrogen and oxygen atoms in total. The minimum Gasteiger partial charge on any atom is -0.490 e. The molecule has 2 unspecified atom stereocenters. The van der Waals surface area contributed by atoms with Crippen molar-refractivity contribution in [3.63, 3.8) is 0 Å². The van der Waals surface area contributed by atoms with Crippen molar-refractivity contribution >= 4 is 5.91 Å². The monoisotopic (exact) mass is 447 g/mol. The summed E-state index contributed by atoms with van der Waals surface area (Å²) in [6, 6.07) is 15.6. The number of benzene rings is 2. The first-order valence-corrected chi connectivity index (χ1v) is 11.7. The highest BCUT2D eigenvalue weighted by Gasteiger charge is 2.43. The third kappa shape index (κ3) is 3.97. The lowest BCUT2D eigenvalue weighted by Crippen LogP contribution is -2.36. The molecule has 1 saturated heterocycles. The zero-order valence-corrected chi connectivity index (χ0v) is 19.0. The number of carbonyl (C=O) groups is 1. The summed E-state index contributed by atoms with van der Waals surface area (Å²) in [6.07, 6.45) is 2.03. The molecular weight excluding hydrogens is 418 g/mol. The van der Waals surface area contributed by atoms with Gasteiger partial charge < -0.3 is 19.1 Å². The van der Waals surface area contributed by atoms with Gasteiger partial charge in [-0.2, -0.15) is 5.10 Å². The lowest BCUT2D eigenvalue weighted by molar-refractivity contribution is 0.0495. The van der Waals surface area contributed by atoms with E-state index < -0.39 is 0 Å². The number of hydrogen-bond donors (Lipinski definition) is 1. The Hall–Kier alpha value is -3.32. The number of rotatable bonds is 8. The Kier molecular flexibility index (Phi) is 6.05. The number of nitrogens with zero attached hydrogens (tertiary/aromatic N) is 2. The molecule has 172 valence electrons. The van der Waals surface area contributed by atoms with E-state index in [0.29, 0.717) is 37.0 Å². The van der Waals surface area contributed by atoms with E-state index in [1.165, 1.54) is 0 Å². The normalized spacial score (nSPS) is 19.7. The van der Waals surface area contributed by atoms with Crippen molar-refractivity contribution in [1.82, 2.24) is 15.1 Å². The average Bonchev–Trinajstić information content (AvgIpc) is 3.56. The van der Waals surface area contributed by atoms with Gasteiger partial charge in [-0.3, -0.25) is 9.89 Å². The second-order valence-corrected chi connectivity index (χ2v) is 8.29. The number of carbonyl (C=O) groups excluding carboxylic acids is 1. The molecular formula is C26H29N3O4. The Morgan fingerprint density at radius 1 is 1.09 bits per heavy atom. The predicted molar refractivity (Wildman–Crippen MR) is 125 cm³/mol. The zero-order valence-electron chi connectivity index (χ0n) is 19.0. The summed E-state index contributed by atoms with van der Waals surface area (Å²) in [4.78, 5) is 15.4. The summed E-state index contributed by atoms with van der Waals surface area (Å²) in [6.45, 7) is 6.27. The molecule has 2 aliphatic heterocycles. The quantitative estimate of drug-likeness (QED) is 0.546. The number of fused-ring (bicyclic) bond motifs is 1. The molecule has 1 amide bonds. The van der Waals surface area contributed by atoms with E-state index in [4.69, 9.17) is 14.2 Å². The second-order valence-electron chi connectivity index (χ2n) is 8.29. The highest BCUT2D eigenvalue weighted by molar-refractivity contribution is 6.00. The van der Waals surface area contributed by atoms with Crippen LogP contribution in [0.3, 0.4) is 0 Å². The highest BCUT2D eigenvalue weighted by Crippen LogP contribution is 2.45. The fourth-order valence-corrected chi connectivity index (χ4v) is 4.79. The molecule has 5 rings (SSSR count). The van der Waals surface area contributed by atoms with E-state index >= 15 is 0 Å². The molecule has 1 aromatic heterocycles. The molecule has 33 heavy (non-hydrogen) atoms. The third-order valence-electron chi connectivity index (χ3n) is 6.22. The molecule has 0 spiro atoms. The van der Waals surface area contributed by atoms with E-state index in [-0.39, 0.29) is 18.1 Å². The molecule has 2 aliphatic rings. The van der Waals surface area contributed by atoms with Crippen LogP contribution in [0.25, 0.3) is 11.3 Å². The van der Waals surface area contributed by atoms with Crippen molar-refractivity contribution < 1.29 is 19.0 Å². The van der Waals surface area contributed by atoms with Crippen LogP contribution >= 0.6 is 0 Å². The van der Waals surface area contributed by atoms with Crippen LogP contribution in [0.5, 0.6) is 11.5 Å². The smallest absolute Gasteiger partial charge is 0.273 e. The Labute approximate surface area is 193 Å². The SMILES string of the molecule is CCOc1ccc(C2c3c(-c4ccccc4)n[nH]c3C(=O)N2CC2CCCO2)cc1OCC. The number of H-pyrrole nitrogens is 1. The van der Waals surface area contributed by atoms with Gasteiger partial charge in [-0.1, -0.05) is 36.4 Å². The molecule has 3 heterocycles. The number of hydrogen-bond acceptors (Lipinski definition) is 5. The molecule has 0 saturated carbocycles. The van der Waals surface area contributed by atoms with Crippen LogP contribution in [-0.4, -0.2) is 53.5 Å². The van der Waals surface area contributed by atoms with Crippen LogP contribution in [0.15, 0.2) is 48.5 Å². The number of aromatic nitrogens is 2. The fourth-order valence-electron chi connectivity index (χ4n) is 4.79. The van der Waals surface area contributed by atoms with Crippen molar-refractivity contribution in [2.75, 3.05) is 26.4 Å². The standard InChI is InChI=1S/C26H29N3O4/c1-3-31-20-13-12-18(15-21(20)32-4-2)25-22-23(17-9-6-5-7-10-17)27-28-24(22)26(30)29(25)16-19-11-8-14-33-19/h5-7,9-10,12-13,15,19,25H,3-4,8,11,14,16H2,1-2H3,(H,27,28). The van der Waals surface area contributed by atoms with E-state index in [2.05, 4.69) is 10.2 Å². The van der Waals surface area contributed by atoms with E-state index in [0.717, 1.165) is 41.8 Å². The molecule has 1 fully saturated rings. The van der Waals surface area contributed by atoms with Gasteiger partial charge in [0.2, 0.25) is 0 Å². The first-order chi connectivity index (χ1) is 16.2. The minimum atomic E-state index is -0.291. The Bertz CT molecular complexity index is 1120. The van der Waals surface area contributed by atoms with Crippen LogP contribution in [0.1, 0.15) is 54.3 Å². The highest BCUT2D eigenvalue weighted by atomic mass is 16.5. The average molecular weight is 448 g/mol. The molecule has 0 bridgehead atoms. The molecule has 2 atom stereocenters. The summed E-state index contributed by atoms with van der Waals surface area (Å²) in [7, 11) is 0. The van der Waals surface area contributed by atoms with Crippen molar-refractivity contribution in [3.8, 4) is 22.8 Å². The summed E-state index contributed by atoms with van der Waals surface area (Å²) in [5, 5.41) is 7.57. The predicted octanol–water partition coefficient (Wildman–Crippen LogP) is 4.60. The van der Waals surface area contributed by atoms with Gasteiger partial charge in [-0.05, 0) is 44.4 Å². The Morgan fingerprint density at radius 3 is 2.61 bits per heavy atom. The Morgan fingerprint density at radius 2 is 1.88 bits per heavy atom. The van der Waals surface area contributed by atoms with Crippen molar-refractivity contribution in [2.24, 2.45) is 0 Å². The molecule has 2 aromatic carbocycles. The van der Waals surface area contributed by atoms with Gasteiger partial charge in [0, 0.05) is 24.3 Å². The van der Waals surface area contributed by atoms with Gasteiger partial charge in [0.25, 0.3) is 5.91 Å². The maximum Gasteiger partial charge on any atom is 0.273 e. The van der Waals surface area contributed by atoms with Gasteiger partial charge in [-0.15, -0.1) is 0 Å². The number of aromatic amines is 1. The van der Waals surface area contributed by atoms with Gasteiger partial charge >= 0.3 is 0 Å². The van der Waals surface area contributed by atoms with Crippen LogP contribution in [0.4, 0.5) is 0 Å². The lowest BCUT2D eigenvalue weighted by Gasteiger charge is -2.29. The van der Waals surface area contributed by atoms with Gasteiger partial charge in [0.05, 0.1) is 31.1 Å². The van der Waals surface area contributed by atoms with Crippen molar-refractivity contribution in [2.45, 2.75) is 38.8 Å². The Balaban J connectivity index is 1.62. The van der Waals surface area contributed by atoms with Crippen LogP contribution < -0.4 is 9.47 Å². The fraction of sp³-hybridized carbons (Fsp3) is 0.385. The maximum atomic E-state index is 13.5. The molecule has 0 aliphatic carbocycles. The maximum absolute atomic E-state index is 13.5. The first kappa shape index (κ1) is 21.5. The van der Waals surface area contributed by atoms with Crippen molar-refractivity contribution in [1.29, 1.82) is 0 Å². The molecule has 7 heteroatoms. The molecule has 1 N–H and O–H groups in total. The van der Waals surface area contributed by atoms with E-state index in [9.17, 15) is 4.79 Å². The largest absolute Gasteiger partial charge is 0.490 e. The van der Waals surface area contributed by atoms with Gasteiger partial charge in [0.1, 0.15) is 5.69 Å². The topological polar surface area (TPSA) is 76.7 Å². The summed E-state index contributed by atoms with van der Waals surface area (Å²) in [5.41, 5.74) is 4.18. The summed E-state index contributed by atoms with van der Waals surface area (Å²) < 4.78 is 17.5. The summed E-state index contributed by atoms with van der Waals surface area (Å²) >= 11 is 0. The van der Waals surface area contributed by atoms with E-state index in [1.54, 1.807) is 0 Å². The van der Waals surface area contributed by atoms with Crippen LogP contribution in [-0.2, 0) is 4.74 Å². The van der Waals surface area contributed by atoms with Crippen LogP contribution in [0, 0.1) is 0 Å². The number of nitrogens with one attached hydrogen (secondary N) is 1. The number of amides is 1.